The van der Waals surface area contributed by atoms with Crippen molar-refractivity contribution in [2.45, 2.75) is 11.1 Å². The molecule has 4 nitrogen and oxygen atoms in total. The van der Waals surface area contributed by atoms with Crippen molar-refractivity contribution in [2.75, 3.05) is 13.6 Å². The molecule has 96 valence electrons. The average molecular weight is 289 g/mol. The summed E-state index contributed by atoms with van der Waals surface area (Å²) in [6.07, 6.45) is -2.47. The smallest absolute Gasteiger partial charge is 0.263 e. The molecule has 0 saturated carbocycles. The number of aromatic nitrogens is 1. The molecule has 0 radical (unpaired) electrons. The zero-order chi connectivity index (χ0) is 13.3. The SMILES string of the molecule is CN(CC(F)(F)F)S(=O)(=O)c1cnccc1Cl. The first-order valence-electron chi connectivity index (χ1n) is 4.27. The molecule has 0 saturated heterocycles. The molecule has 1 rings (SSSR count). The minimum absolute atomic E-state index is 0.172. The van der Waals surface area contributed by atoms with Gasteiger partial charge in [-0.2, -0.15) is 17.5 Å². The van der Waals surface area contributed by atoms with E-state index in [1.807, 2.05) is 0 Å². The number of halogens is 4. The molecule has 0 atom stereocenters. The van der Waals surface area contributed by atoms with Gasteiger partial charge in [-0.25, -0.2) is 8.42 Å². The molecule has 17 heavy (non-hydrogen) atoms. The van der Waals surface area contributed by atoms with Crippen molar-refractivity contribution in [3.05, 3.63) is 23.5 Å². The molecule has 0 amide bonds. The molecule has 0 aliphatic rings. The standard InChI is InChI=1S/C8H8ClF3N2O2S/c1-14(5-8(10,11)12)17(15,16)7-4-13-3-2-6(7)9/h2-4H,5H2,1H3. The second-order valence-corrected chi connectivity index (χ2v) is 5.60. The molecule has 0 aliphatic carbocycles. The predicted molar refractivity (Wildman–Crippen MR) is 55.1 cm³/mol. The van der Waals surface area contributed by atoms with Crippen LogP contribution < -0.4 is 0 Å². The van der Waals surface area contributed by atoms with Crippen LogP contribution in [0.3, 0.4) is 0 Å². The summed E-state index contributed by atoms with van der Waals surface area (Å²) in [6.45, 7) is -1.58. The third-order valence-electron chi connectivity index (χ3n) is 1.82. The van der Waals surface area contributed by atoms with E-state index in [-0.39, 0.29) is 9.33 Å². The highest BCUT2D eigenvalue weighted by molar-refractivity contribution is 7.89. The minimum Gasteiger partial charge on any atom is -0.263 e. The van der Waals surface area contributed by atoms with Gasteiger partial charge in [0, 0.05) is 19.4 Å². The lowest BCUT2D eigenvalue weighted by Gasteiger charge is -2.18. The summed E-state index contributed by atoms with van der Waals surface area (Å²) < 4.78 is 59.9. The van der Waals surface area contributed by atoms with Gasteiger partial charge in [0.25, 0.3) is 0 Å². The van der Waals surface area contributed by atoms with E-state index in [0.29, 0.717) is 0 Å². The summed E-state index contributed by atoms with van der Waals surface area (Å²) in [5, 5.41) is -0.172. The van der Waals surface area contributed by atoms with Crippen molar-refractivity contribution in [1.82, 2.24) is 9.29 Å². The number of nitrogens with zero attached hydrogens (tertiary/aromatic N) is 2. The molecular formula is C8H8ClF3N2O2S. The van der Waals surface area contributed by atoms with Gasteiger partial charge in [0.05, 0.1) is 5.02 Å². The fourth-order valence-corrected chi connectivity index (χ4v) is 2.62. The van der Waals surface area contributed by atoms with Gasteiger partial charge in [0.2, 0.25) is 10.0 Å². The number of pyridine rings is 1. The topological polar surface area (TPSA) is 50.3 Å². The fourth-order valence-electron chi connectivity index (χ4n) is 1.06. The normalized spacial score (nSPS) is 13.1. The number of alkyl halides is 3. The number of hydrogen-bond acceptors (Lipinski definition) is 3. The van der Waals surface area contributed by atoms with Crippen LogP contribution in [0.5, 0.6) is 0 Å². The van der Waals surface area contributed by atoms with Crippen LogP contribution in [0.1, 0.15) is 0 Å². The van der Waals surface area contributed by atoms with Gasteiger partial charge >= 0.3 is 6.18 Å². The highest BCUT2D eigenvalue weighted by atomic mass is 35.5. The predicted octanol–water partition coefficient (Wildman–Crippen LogP) is 1.92. The van der Waals surface area contributed by atoms with Crippen LogP contribution in [0.15, 0.2) is 23.4 Å². The second-order valence-electron chi connectivity index (χ2n) is 3.18. The van der Waals surface area contributed by atoms with Crippen molar-refractivity contribution in [2.24, 2.45) is 0 Å². The first-order chi connectivity index (χ1) is 7.64. The Hall–Kier alpha value is -0.860. The Bertz CT molecular complexity index is 504. The third kappa shape index (κ3) is 3.55. The van der Waals surface area contributed by atoms with Crippen molar-refractivity contribution < 1.29 is 21.6 Å². The quantitative estimate of drug-likeness (QED) is 0.854. The van der Waals surface area contributed by atoms with Gasteiger partial charge in [-0.15, -0.1) is 0 Å². The molecule has 1 aromatic rings. The Morgan fingerprint density at radius 3 is 2.53 bits per heavy atom. The Kier molecular flexibility index (Phi) is 4.00. The molecule has 0 bridgehead atoms. The molecule has 0 spiro atoms. The van der Waals surface area contributed by atoms with Crippen molar-refractivity contribution in [3.8, 4) is 0 Å². The van der Waals surface area contributed by atoms with Crippen LogP contribution in [0, 0.1) is 0 Å². The van der Waals surface area contributed by atoms with Gasteiger partial charge < -0.3 is 0 Å². The maximum Gasteiger partial charge on any atom is 0.402 e. The van der Waals surface area contributed by atoms with Crippen LogP contribution in [0.2, 0.25) is 5.02 Å². The molecular weight excluding hydrogens is 281 g/mol. The summed E-state index contributed by atoms with van der Waals surface area (Å²) >= 11 is 5.60. The highest BCUT2D eigenvalue weighted by Crippen LogP contribution is 2.25. The molecule has 1 heterocycles. The lowest BCUT2D eigenvalue weighted by molar-refractivity contribution is -0.134. The van der Waals surface area contributed by atoms with Crippen LogP contribution in [0.25, 0.3) is 0 Å². The van der Waals surface area contributed by atoms with E-state index >= 15 is 0 Å². The summed E-state index contributed by atoms with van der Waals surface area (Å²) in [5.41, 5.74) is 0. The highest BCUT2D eigenvalue weighted by Gasteiger charge is 2.35. The molecule has 0 aliphatic heterocycles. The maximum atomic E-state index is 12.1. The van der Waals surface area contributed by atoms with E-state index in [1.165, 1.54) is 12.3 Å². The summed E-state index contributed by atoms with van der Waals surface area (Å²) in [5.74, 6) is 0. The monoisotopic (exact) mass is 288 g/mol. The van der Waals surface area contributed by atoms with Crippen LogP contribution in [0.4, 0.5) is 13.2 Å². The zero-order valence-corrected chi connectivity index (χ0v) is 10.1. The van der Waals surface area contributed by atoms with E-state index in [2.05, 4.69) is 4.98 Å². The van der Waals surface area contributed by atoms with E-state index in [0.717, 1.165) is 13.2 Å². The van der Waals surface area contributed by atoms with Gasteiger partial charge in [-0.05, 0) is 6.07 Å². The number of sulfonamides is 1. The van der Waals surface area contributed by atoms with Gasteiger partial charge in [-0.3, -0.25) is 4.98 Å². The summed E-state index contributed by atoms with van der Waals surface area (Å²) in [7, 11) is -3.46. The second kappa shape index (κ2) is 4.79. The van der Waals surface area contributed by atoms with Crippen LogP contribution >= 0.6 is 11.6 Å². The molecule has 1 aromatic heterocycles. The largest absolute Gasteiger partial charge is 0.402 e. The Balaban J connectivity index is 3.09. The molecule has 0 unspecified atom stereocenters. The van der Waals surface area contributed by atoms with Crippen molar-refractivity contribution in [1.29, 1.82) is 0 Å². The lowest BCUT2D eigenvalue weighted by atomic mass is 10.5. The van der Waals surface area contributed by atoms with Crippen LogP contribution in [-0.2, 0) is 10.0 Å². The number of rotatable bonds is 3. The Labute approximate surface area is 101 Å². The van der Waals surface area contributed by atoms with Crippen LogP contribution in [-0.4, -0.2) is 37.5 Å². The van der Waals surface area contributed by atoms with Gasteiger partial charge in [0.1, 0.15) is 11.4 Å². The molecule has 0 aromatic carbocycles. The fraction of sp³-hybridized carbons (Fsp3) is 0.375. The van der Waals surface area contributed by atoms with E-state index in [4.69, 9.17) is 11.6 Å². The lowest BCUT2D eigenvalue weighted by Crippen LogP contribution is -2.36. The maximum absolute atomic E-state index is 12.1. The van der Waals surface area contributed by atoms with Crippen molar-refractivity contribution >= 4 is 21.6 Å². The molecule has 9 heteroatoms. The Morgan fingerprint density at radius 1 is 1.47 bits per heavy atom. The van der Waals surface area contributed by atoms with Gasteiger partial charge in [-0.1, -0.05) is 11.6 Å². The summed E-state index contributed by atoms with van der Waals surface area (Å²) in [6, 6.07) is 1.19. The molecule has 0 N–H and O–H groups in total. The Morgan fingerprint density at radius 2 is 2.06 bits per heavy atom. The van der Waals surface area contributed by atoms with Crippen molar-refractivity contribution in [3.63, 3.8) is 0 Å². The van der Waals surface area contributed by atoms with Gasteiger partial charge in [0.15, 0.2) is 0 Å². The third-order valence-corrected chi connectivity index (χ3v) is 4.10. The average Bonchev–Trinajstić information content (AvgIpc) is 2.15. The van der Waals surface area contributed by atoms with E-state index in [1.54, 1.807) is 0 Å². The zero-order valence-electron chi connectivity index (χ0n) is 8.57. The molecule has 0 fully saturated rings. The van der Waals surface area contributed by atoms with E-state index in [9.17, 15) is 21.6 Å². The first kappa shape index (κ1) is 14.2. The summed E-state index contributed by atoms with van der Waals surface area (Å²) in [4.78, 5) is 3.07. The first-order valence-corrected chi connectivity index (χ1v) is 6.09. The van der Waals surface area contributed by atoms with E-state index < -0.39 is 27.6 Å². The minimum atomic E-state index is -4.61. The number of hydrogen-bond donors (Lipinski definition) is 0.